The van der Waals surface area contributed by atoms with Gasteiger partial charge in [0, 0.05) is 16.8 Å². The van der Waals surface area contributed by atoms with E-state index in [1.165, 1.54) is 11.4 Å². The van der Waals surface area contributed by atoms with Crippen LogP contribution in [-0.4, -0.2) is 18.1 Å². The summed E-state index contributed by atoms with van der Waals surface area (Å²) in [6, 6.07) is 5.13. The van der Waals surface area contributed by atoms with E-state index in [9.17, 15) is 31.1 Å². The number of carbonyl (C=O) groups is 1. The molecule has 2 amide bonds. The third-order valence-electron chi connectivity index (χ3n) is 3.53. The van der Waals surface area contributed by atoms with Gasteiger partial charge in [-0.2, -0.15) is 26.3 Å². The number of nitrogens with one attached hydrogen (secondary N) is 2. The molecule has 0 bridgehead atoms. The Hall–Kier alpha value is -2.82. The summed E-state index contributed by atoms with van der Waals surface area (Å²) in [6.07, 6.45) is -9.80. The molecule has 0 saturated carbocycles. The van der Waals surface area contributed by atoms with Gasteiger partial charge < -0.3 is 14.8 Å². The minimum Gasteiger partial charge on any atom is -0.424 e. The minimum atomic E-state index is -5.20. The van der Waals surface area contributed by atoms with Gasteiger partial charge >= 0.3 is 24.3 Å². The largest absolute Gasteiger partial charge is 0.492 e. The van der Waals surface area contributed by atoms with Crippen molar-refractivity contribution in [2.45, 2.75) is 18.3 Å². The molecule has 0 fully saturated rings. The molecule has 2 N–H and O–H groups in total. The number of alkyl halides is 6. The fourth-order valence-corrected chi connectivity index (χ4v) is 2.43. The topological polar surface area (TPSA) is 59.6 Å². The van der Waals surface area contributed by atoms with Gasteiger partial charge in [0.05, 0.1) is 5.56 Å². The summed E-state index contributed by atoms with van der Waals surface area (Å²) in [4.78, 5) is 12.0. The van der Waals surface area contributed by atoms with Crippen molar-refractivity contribution in [1.29, 1.82) is 0 Å². The van der Waals surface area contributed by atoms with E-state index in [1.54, 1.807) is 0 Å². The van der Waals surface area contributed by atoms with Crippen LogP contribution in [0.2, 0.25) is 5.02 Å². The number of hydrogen-bond donors (Lipinski definition) is 2. The van der Waals surface area contributed by atoms with E-state index in [4.69, 9.17) is 21.1 Å². The first-order valence-corrected chi connectivity index (χ1v) is 7.78. The molecule has 0 unspecified atom stereocenters. The zero-order valence-electron chi connectivity index (χ0n) is 13.4. The maximum Gasteiger partial charge on any atom is 0.492 e. The Morgan fingerprint density at radius 1 is 0.929 bits per heavy atom. The van der Waals surface area contributed by atoms with Crippen molar-refractivity contribution in [3.05, 3.63) is 53.1 Å². The second-order valence-corrected chi connectivity index (χ2v) is 6.00. The molecule has 5 nitrogen and oxygen atoms in total. The van der Waals surface area contributed by atoms with E-state index < -0.39 is 29.9 Å². The Balaban J connectivity index is 1.77. The molecular weight excluding hydrogens is 418 g/mol. The van der Waals surface area contributed by atoms with Gasteiger partial charge in [-0.05, 0) is 36.4 Å². The van der Waals surface area contributed by atoms with Crippen LogP contribution in [0, 0.1) is 0 Å². The molecule has 0 saturated heterocycles. The maximum atomic E-state index is 13.5. The van der Waals surface area contributed by atoms with Gasteiger partial charge in [-0.25, -0.2) is 4.79 Å². The number of halogens is 7. The Bertz CT molecular complexity index is 901. The fraction of sp³-hybridized carbons (Fsp3) is 0.188. The number of amides is 2. The molecule has 2 aromatic carbocycles. The maximum absolute atomic E-state index is 13.5. The average Bonchev–Trinajstić information content (AvgIpc) is 2.92. The predicted molar refractivity (Wildman–Crippen MR) is 85.1 cm³/mol. The molecule has 0 aromatic heterocycles. The van der Waals surface area contributed by atoms with Crippen molar-refractivity contribution in [3.63, 3.8) is 0 Å². The van der Waals surface area contributed by atoms with Crippen LogP contribution in [0.1, 0.15) is 5.56 Å². The average molecular weight is 427 g/mol. The molecule has 12 heteroatoms. The lowest BCUT2D eigenvalue weighted by Crippen LogP contribution is -2.65. The highest BCUT2D eigenvalue weighted by molar-refractivity contribution is 6.30. The van der Waals surface area contributed by atoms with E-state index in [0.717, 1.165) is 24.3 Å². The number of ether oxygens (including phenoxy) is 2. The fourth-order valence-electron chi connectivity index (χ4n) is 2.27. The van der Waals surface area contributed by atoms with E-state index in [-0.39, 0.29) is 22.2 Å². The third-order valence-corrected chi connectivity index (χ3v) is 3.77. The Morgan fingerprint density at radius 2 is 1.54 bits per heavy atom. The summed E-state index contributed by atoms with van der Waals surface area (Å²) in [5.74, 6) is -4.19. The first-order valence-electron chi connectivity index (χ1n) is 7.40. The molecule has 28 heavy (non-hydrogen) atoms. The quantitative estimate of drug-likeness (QED) is 0.652. The van der Waals surface area contributed by atoms with Crippen LogP contribution in [0.3, 0.4) is 0 Å². The zero-order chi connectivity index (χ0) is 20.7. The summed E-state index contributed by atoms with van der Waals surface area (Å²) < 4.78 is 87.6. The summed E-state index contributed by atoms with van der Waals surface area (Å²) in [7, 11) is 0. The number of urea groups is 1. The molecule has 0 aliphatic carbocycles. The molecule has 150 valence electrons. The molecule has 1 aliphatic rings. The zero-order valence-corrected chi connectivity index (χ0v) is 14.2. The lowest BCUT2D eigenvalue weighted by molar-refractivity contribution is -0.317. The number of benzene rings is 2. The highest BCUT2D eigenvalue weighted by Gasteiger charge is 2.65. The van der Waals surface area contributed by atoms with Crippen molar-refractivity contribution < 1.29 is 40.6 Å². The standard InChI is InChI=1S/C16H9ClF6N2O3/c17-9-3-6-11-12(7-9)28-16(27-11,15(21,22)23)25-13(26)24-10-4-1-8(2-5-10)14(18,19)20/h1-7H,(H2,24,25,26)/t16-/m1/s1. The van der Waals surface area contributed by atoms with E-state index >= 15 is 0 Å². The molecular formula is C16H9ClF6N2O3. The van der Waals surface area contributed by atoms with Crippen LogP contribution >= 0.6 is 11.6 Å². The van der Waals surface area contributed by atoms with Crippen LogP contribution in [0.4, 0.5) is 36.8 Å². The molecule has 1 aliphatic heterocycles. The van der Waals surface area contributed by atoms with Crippen LogP contribution in [0.25, 0.3) is 0 Å². The third kappa shape index (κ3) is 3.88. The van der Waals surface area contributed by atoms with Gasteiger partial charge in [-0.3, -0.25) is 5.32 Å². The van der Waals surface area contributed by atoms with Crippen molar-refractivity contribution in [2.24, 2.45) is 0 Å². The molecule has 0 spiro atoms. The number of anilines is 1. The van der Waals surface area contributed by atoms with Gasteiger partial charge in [0.25, 0.3) is 0 Å². The van der Waals surface area contributed by atoms with Gasteiger partial charge in [0.1, 0.15) is 0 Å². The van der Waals surface area contributed by atoms with Crippen molar-refractivity contribution >= 4 is 23.3 Å². The summed E-state index contributed by atoms with van der Waals surface area (Å²) in [5, 5.41) is 3.56. The van der Waals surface area contributed by atoms with Crippen LogP contribution < -0.4 is 20.1 Å². The summed E-state index contributed by atoms with van der Waals surface area (Å²) in [6.45, 7) is 0. The van der Waals surface area contributed by atoms with Crippen molar-refractivity contribution in [1.82, 2.24) is 5.32 Å². The SMILES string of the molecule is O=C(Nc1ccc(C(F)(F)F)cc1)N[C@]1(C(F)(F)F)Oc2ccc(Cl)cc2O1. The lowest BCUT2D eigenvalue weighted by Gasteiger charge is -2.29. The molecule has 1 atom stereocenters. The predicted octanol–water partition coefficient (Wildman–Crippen LogP) is 5.17. The van der Waals surface area contributed by atoms with Crippen molar-refractivity contribution in [3.8, 4) is 11.5 Å². The lowest BCUT2D eigenvalue weighted by atomic mass is 10.2. The second-order valence-electron chi connectivity index (χ2n) is 5.56. The molecule has 1 heterocycles. The van der Waals surface area contributed by atoms with E-state index in [2.05, 4.69) is 0 Å². The molecule has 2 aromatic rings. The summed E-state index contributed by atoms with van der Waals surface area (Å²) in [5.41, 5.74) is -1.17. The van der Waals surface area contributed by atoms with Crippen LogP contribution in [0.15, 0.2) is 42.5 Å². The number of fused-ring (bicyclic) bond motifs is 1. The van der Waals surface area contributed by atoms with Gasteiger partial charge in [-0.1, -0.05) is 11.6 Å². The minimum absolute atomic E-state index is 0.0783. The second kappa shape index (κ2) is 6.66. The first kappa shape index (κ1) is 19.9. The highest BCUT2D eigenvalue weighted by Crippen LogP contribution is 2.46. The normalized spacial score (nSPS) is 18.7. The van der Waals surface area contributed by atoms with Crippen LogP contribution in [-0.2, 0) is 6.18 Å². The smallest absolute Gasteiger partial charge is 0.424 e. The number of carbonyl (C=O) groups excluding carboxylic acids is 1. The summed E-state index contributed by atoms with van der Waals surface area (Å²) >= 11 is 5.69. The molecule has 0 radical (unpaired) electrons. The van der Waals surface area contributed by atoms with Gasteiger partial charge in [-0.15, -0.1) is 0 Å². The molecule has 3 rings (SSSR count). The highest BCUT2D eigenvalue weighted by atomic mass is 35.5. The Morgan fingerprint density at radius 3 is 2.11 bits per heavy atom. The Labute approximate surface area is 158 Å². The first-order chi connectivity index (χ1) is 12.9. The van der Waals surface area contributed by atoms with E-state index in [0.29, 0.717) is 12.1 Å². The Kier molecular flexibility index (Phi) is 4.74. The number of hydrogen-bond acceptors (Lipinski definition) is 3. The van der Waals surface area contributed by atoms with Gasteiger partial charge in [0.2, 0.25) is 0 Å². The van der Waals surface area contributed by atoms with E-state index in [1.807, 2.05) is 5.32 Å². The number of rotatable bonds is 2. The van der Waals surface area contributed by atoms with Crippen molar-refractivity contribution in [2.75, 3.05) is 5.32 Å². The van der Waals surface area contributed by atoms with Crippen LogP contribution in [0.5, 0.6) is 11.5 Å². The monoisotopic (exact) mass is 426 g/mol. The van der Waals surface area contributed by atoms with Gasteiger partial charge in [0.15, 0.2) is 11.5 Å².